The van der Waals surface area contributed by atoms with Crippen molar-refractivity contribution in [2.24, 2.45) is 0 Å². The van der Waals surface area contributed by atoms with Crippen molar-refractivity contribution in [3.8, 4) is 0 Å². The van der Waals surface area contributed by atoms with Crippen LogP contribution in [0.15, 0.2) is 51.4 Å². The first-order valence-electron chi connectivity index (χ1n) is 6.62. The molecule has 1 amide bonds. The van der Waals surface area contributed by atoms with E-state index in [9.17, 15) is 4.79 Å². The second-order valence-electron chi connectivity index (χ2n) is 4.97. The van der Waals surface area contributed by atoms with Crippen molar-refractivity contribution in [3.63, 3.8) is 0 Å². The molecule has 106 valence electrons. The van der Waals surface area contributed by atoms with E-state index in [2.05, 4.69) is 21.2 Å². The minimum Gasteiger partial charge on any atom is -0.451 e. The van der Waals surface area contributed by atoms with E-state index in [-0.39, 0.29) is 5.91 Å². The van der Waals surface area contributed by atoms with Crippen LogP contribution in [-0.4, -0.2) is 5.91 Å². The van der Waals surface area contributed by atoms with Crippen LogP contribution in [0.25, 0.3) is 11.0 Å². The predicted octanol–water partition coefficient (Wildman–Crippen LogP) is 5.06. The molecule has 0 bridgehead atoms. The van der Waals surface area contributed by atoms with Gasteiger partial charge in [0.05, 0.1) is 0 Å². The molecule has 0 unspecified atom stereocenters. The summed E-state index contributed by atoms with van der Waals surface area (Å²) in [7, 11) is 0. The molecule has 1 aromatic heterocycles. The zero-order chi connectivity index (χ0) is 15.0. The molecule has 0 spiro atoms. The molecule has 0 saturated carbocycles. The molecular weight excluding hydrogens is 330 g/mol. The van der Waals surface area contributed by atoms with Crippen LogP contribution in [0.5, 0.6) is 0 Å². The molecule has 0 aliphatic rings. The van der Waals surface area contributed by atoms with Gasteiger partial charge >= 0.3 is 0 Å². The van der Waals surface area contributed by atoms with Crippen molar-refractivity contribution in [3.05, 3.63) is 63.8 Å². The highest BCUT2D eigenvalue weighted by molar-refractivity contribution is 9.10. The number of rotatable bonds is 2. The molecule has 0 atom stereocenters. The summed E-state index contributed by atoms with van der Waals surface area (Å²) >= 11 is 3.41. The number of aryl methyl sites for hydroxylation is 2. The number of para-hydroxylation sites is 1. The Labute approximate surface area is 131 Å². The molecule has 0 aliphatic carbocycles. The number of benzene rings is 2. The fourth-order valence-corrected chi connectivity index (χ4v) is 2.81. The first-order chi connectivity index (χ1) is 10.1. The maximum Gasteiger partial charge on any atom is 0.291 e. The van der Waals surface area contributed by atoms with Gasteiger partial charge in [-0.1, -0.05) is 34.1 Å². The van der Waals surface area contributed by atoms with Crippen molar-refractivity contribution < 1.29 is 9.21 Å². The van der Waals surface area contributed by atoms with Gasteiger partial charge in [0.1, 0.15) is 5.58 Å². The molecule has 21 heavy (non-hydrogen) atoms. The number of hydrogen-bond donors (Lipinski definition) is 1. The van der Waals surface area contributed by atoms with Gasteiger partial charge in [-0.25, -0.2) is 0 Å². The largest absolute Gasteiger partial charge is 0.451 e. The van der Waals surface area contributed by atoms with Crippen LogP contribution >= 0.6 is 15.9 Å². The summed E-state index contributed by atoms with van der Waals surface area (Å²) in [4.78, 5) is 12.4. The fourth-order valence-electron chi connectivity index (χ4n) is 2.34. The number of amides is 1. The van der Waals surface area contributed by atoms with E-state index in [0.29, 0.717) is 5.76 Å². The standard InChI is InChI=1S/C17H14BrNO2/c1-10-9-12(18)7-8-14(10)19-17(20)16-11(2)13-5-3-4-6-15(13)21-16/h3-9H,1-2H3,(H,19,20). The topological polar surface area (TPSA) is 42.2 Å². The van der Waals surface area contributed by atoms with E-state index >= 15 is 0 Å². The van der Waals surface area contributed by atoms with Gasteiger partial charge in [-0.05, 0) is 43.7 Å². The zero-order valence-electron chi connectivity index (χ0n) is 11.7. The monoisotopic (exact) mass is 343 g/mol. The Morgan fingerprint density at radius 1 is 1.14 bits per heavy atom. The third-order valence-electron chi connectivity index (χ3n) is 3.49. The highest BCUT2D eigenvalue weighted by Gasteiger charge is 2.17. The molecule has 0 aliphatic heterocycles. The van der Waals surface area contributed by atoms with Gasteiger partial charge in [-0.2, -0.15) is 0 Å². The number of furan rings is 1. The van der Waals surface area contributed by atoms with Crippen molar-refractivity contribution in [1.82, 2.24) is 0 Å². The molecule has 3 nitrogen and oxygen atoms in total. The van der Waals surface area contributed by atoms with Crippen LogP contribution in [0.2, 0.25) is 0 Å². The number of hydrogen-bond acceptors (Lipinski definition) is 2. The number of nitrogens with one attached hydrogen (secondary N) is 1. The Morgan fingerprint density at radius 2 is 1.90 bits per heavy atom. The van der Waals surface area contributed by atoms with Gasteiger partial charge in [-0.15, -0.1) is 0 Å². The normalized spacial score (nSPS) is 10.8. The molecule has 3 rings (SSSR count). The maximum absolute atomic E-state index is 12.4. The minimum absolute atomic E-state index is 0.228. The summed E-state index contributed by atoms with van der Waals surface area (Å²) < 4.78 is 6.66. The second-order valence-corrected chi connectivity index (χ2v) is 5.88. The predicted molar refractivity (Wildman–Crippen MR) is 87.8 cm³/mol. The van der Waals surface area contributed by atoms with E-state index in [0.717, 1.165) is 32.3 Å². The molecule has 3 aromatic rings. The highest BCUT2D eigenvalue weighted by atomic mass is 79.9. The van der Waals surface area contributed by atoms with Crippen molar-refractivity contribution in [1.29, 1.82) is 0 Å². The van der Waals surface area contributed by atoms with Gasteiger partial charge < -0.3 is 9.73 Å². The SMILES string of the molecule is Cc1cc(Br)ccc1NC(=O)c1oc2ccccc2c1C. The molecule has 1 heterocycles. The number of anilines is 1. The van der Waals surface area contributed by atoms with Crippen LogP contribution in [-0.2, 0) is 0 Å². The average Bonchev–Trinajstić information content (AvgIpc) is 2.80. The first-order valence-corrected chi connectivity index (χ1v) is 7.41. The summed E-state index contributed by atoms with van der Waals surface area (Å²) in [6.45, 7) is 3.85. The lowest BCUT2D eigenvalue weighted by molar-refractivity contribution is 0.0998. The lowest BCUT2D eigenvalue weighted by Crippen LogP contribution is -2.12. The number of fused-ring (bicyclic) bond motifs is 1. The second kappa shape index (κ2) is 5.37. The third-order valence-corrected chi connectivity index (χ3v) is 3.98. The van der Waals surface area contributed by atoms with Gasteiger partial charge in [0, 0.05) is 21.1 Å². The number of halogens is 1. The van der Waals surface area contributed by atoms with Crippen LogP contribution < -0.4 is 5.32 Å². The molecule has 2 aromatic carbocycles. The Balaban J connectivity index is 1.95. The van der Waals surface area contributed by atoms with E-state index in [1.54, 1.807) is 0 Å². The van der Waals surface area contributed by atoms with Crippen LogP contribution in [0, 0.1) is 13.8 Å². The molecule has 0 radical (unpaired) electrons. The van der Waals surface area contributed by atoms with E-state index in [1.165, 1.54) is 0 Å². The van der Waals surface area contributed by atoms with Gasteiger partial charge in [-0.3, -0.25) is 4.79 Å². The lowest BCUT2D eigenvalue weighted by Gasteiger charge is -2.07. The average molecular weight is 344 g/mol. The summed E-state index contributed by atoms with van der Waals surface area (Å²) in [6, 6.07) is 13.4. The van der Waals surface area contributed by atoms with E-state index in [1.807, 2.05) is 56.3 Å². The Bertz CT molecular complexity index is 836. The van der Waals surface area contributed by atoms with Crippen molar-refractivity contribution >= 4 is 38.5 Å². The Morgan fingerprint density at radius 3 is 2.62 bits per heavy atom. The minimum atomic E-state index is -0.228. The number of carbonyl (C=O) groups excluding carboxylic acids is 1. The lowest BCUT2D eigenvalue weighted by atomic mass is 10.1. The van der Waals surface area contributed by atoms with Gasteiger partial charge in [0.15, 0.2) is 5.76 Å². The smallest absolute Gasteiger partial charge is 0.291 e. The quantitative estimate of drug-likeness (QED) is 0.706. The highest BCUT2D eigenvalue weighted by Crippen LogP contribution is 2.26. The molecular formula is C17H14BrNO2. The third kappa shape index (κ3) is 2.59. The zero-order valence-corrected chi connectivity index (χ0v) is 13.3. The Hall–Kier alpha value is -2.07. The van der Waals surface area contributed by atoms with Crippen molar-refractivity contribution in [2.75, 3.05) is 5.32 Å². The summed E-state index contributed by atoms with van der Waals surface area (Å²) in [6.07, 6.45) is 0. The van der Waals surface area contributed by atoms with Gasteiger partial charge in [0.2, 0.25) is 0 Å². The van der Waals surface area contributed by atoms with Crippen LogP contribution in [0.1, 0.15) is 21.7 Å². The molecule has 4 heteroatoms. The van der Waals surface area contributed by atoms with Crippen LogP contribution in [0.3, 0.4) is 0 Å². The molecule has 0 fully saturated rings. The van der Waals surface area contributed by atoms with E-state index in [4.69, 9.17) is 4.42 Å². The fraction of sp³-hybridized carbons (Fsp3) is 0.118. The number of carbonyl (C=O) groups is 1. The maximum atomic E-state index is 12.4. The molecule has 0 saturated heterocycles. The Kier molecular flexibility index (Phi) is 3.55. The van der Waals surface area contributed by atoms with Crippen molar-refractivity contribution in [2.45, 2.75) is 13.8 Å². The van der Waals surface area contributed by atoms with Gasteiger partial charge in [0.25, 0.3) is 5.91 Å². The van der Waals surface area contributed by atoms with Crippen LogP contribution in [0.4, 0.5) is 5.69 Å². The molecule has 1 N–H and O–H groups in total. The first kappa shape index (κ1) is 13.9. The van der Waals surface area contributed by atoms with E-state index < -0.39 is 0 Å². The summed E-state index contributed by atoms with van der Waals surface area (Å²) in [5.41, 5.74) is 3.36. The summed E-state index contributed by atoms with van der Waals surface area (Å²) in [5.74, 6) is 0.132. The summed E-state index contributed by atoms with van der Waals surface area (Å²) in [5, 5.41) is 3.87.